The number of ether oxygens (including phenoxy) is 1. The summed E-state index contributed by atoms with van der Waals surface area (Å²) in [5.41, 5.74) is 0. The fourth-order valence-corrected chi connectivity index (χ4v) is 2.73. The van der Waals surface area contributed by atoms with Crippen LogP contribution >= 0.6 is 0 Å². The monoisotopic (exact) mass is 286 g/mol. The summed E-state index contributed by atoms with van der Waals surface area (Å²) in [5.74, 6) is -0.459. The molecule has 0 aromatic rings. The summed E-state index contributed by atoms with van der Waals surface area (Å²) in [7, 11) is 1.35. The van der Waals surface area contributed by atoms with Gasteiger partial charge < -0.3 is 15.2 Å². The molecule has 1 fully saturated rings. The van der Waals surface area contributed by atoms with Gasteiger partial charge in [-0.25, -0.2) is 4.79 Å². The van der Waals surface area contributed by atoms with Gasteiger partial charge in [-0.15, -0.1) is 0 Å². The molecular weight excluding hydrogens is 260 g/mol. The van der Waals surface area contributed by atoms with Crippen LogP contribution in [-0.4, -0.2) is 54.4 Å². The van der Waals surface area contributed by atoms with Crippen molar-refractivity contribution in [2.75, 3.05) is 20.2 Å². The number of rotatable bonds is 6. The molecule has 0 aliphatic carbocycles. The first-order chi connectivity index (χ1) is 9.46. The lowest BCUT2D eigenvalue weighted by atomic mass is 9.89. The third-order valence-electron chi connectivity index (χ3n) is 4.05. The molecule has 20 heavy (non-hydrogen) atoms. The maximum atomic E-state index is 11.4. The van der Waals surface area contributed by atoms with E-state index in [-0.39, 0.29) is 12.5 Å². The minimum atomic E-state index is -0.761. The Morgan fingerprint density at radius 3 is 2.70 bits per heavy atom. The van der Waals surface area contributed by atoms with E-state index < -0.39 is 12.1 Å². The van der Waals surface area contributed by atoms with Crippen LogP contribution in [0.3, 0.4) is 0 Å². The van der Waals surface area contributed by atoms with Crippen LogP contribution in [0.2, 0.25) is 0 Å². The zero-order valence-corrected chi connectivity index (χ0v) is 12.6. The number of carbonyl (C=O) groups is 2. The molecule has 1 heterocycles. The summed E-state index contributed by atoms with van der Waals surface area (Å²) in [6.45, 7) is 6.00. The molecular formula is C14H26N2O4. The Labute approximate surface area is 120 Å². The average molecular weight is 286 g/mol. The maximum absolute atomic E-state index is 11.4. The van der Waals surface area contributed by atoms with Crippen molar-refractivity contribution in [3.63, 3.8) is 0 Å². The Balaban J connectivity index is 2.61. The number of carbonyl (C=O) groups excluding carboxylic acids is 1. The zero-order chi connectivity index (χ0) is 15.1. The highest BCUT2D eigenvalue weighted by Gasteiger charge is 2.30. The Kier molecular flexibility index (Phi) is 6.78. The van der Waals surface area contributed by atoms with E-state index in [1.807, 2.05) is 0 Å². The molecule has 1 saturated heterocycles. The smallest absolute Gasteiger partial charge is 0.407 e. The highest BCUT2D eigenvalue weighted by atomic mass is 16.5. The number of carboxylic acids is 1. The van der Waals surface area contributed by atoms with Gasteiger partial charge in [0.1, 0.15) is 0 Å². The summed E-state index contributed by atoms with van der Waals surface area (Å²) in [4.78, 5) is 24.4. The molecule has 1 aliphatic heterocycles. The lowest BCUT2D eigenvalue weighted by Gasteiger charge is -2.40. The fraction of sp³-hybridized carbons (Fsp3) is 0.857. The highest BCUT2D eigenvalue weighted by Crippen LogP contribution is 2.23. The third-order valence-corrected chi connectivity index (χ3v) is 4.05. The minimum absolute atomic E-state index is 0.0315. The van der Waals surface area contributed by atoms with Crippen molar-refractivity contribution in [3.05, 3.63) is 0 Å². The van der Waals surface area contributed by atoms with Crippen LogP contribution in [0.25, 0.3) is 0 Å². The van der Waals surface area contributed by atoms with Gasteiger partial charge in [0, 0.05) is 31.6 Å². The van der Waals surface area contributed by atoms with Crippen molar-refractivity contribution in [1.82, 2.24) is 10.2 Å². The second-order valence-electron chi connectivity index (χ2n) is 5.58. The number of methoxy groups -OCH3 is 1. The van der Waals surface area contributed by atoms with Gasteiger partial charge in [0.15, 0.2) is 0 Å². The van der Waals surface area contributed by atoms with Crippen molar-refractivity contribution < 1.29 is 19.4 Å². The Morgan fingerprint density at radius 1 is 1.45 bits per heavy atom. The molecule has 0 spiro atoms. The van der Waals surface area contributed by atoms with Crippen LogP contribution in [0.1, 0.15) is 39.5 Å². The van der Waals surface area contributed by atoms with E-state index in [4.69, 9.17) is 5.11 Å². The molecule has 1 aliphatic rings. The standard InChI is InChI=1S/C14H26N2O4/c1-4-10(2)16-8-11(5-6-13(17)18)7-12(9-16)15-14(19)20-3/h10-12H,4-9H2,1-3H3,(H,15,19)(H,17,18). The van der Waals surface area contributed by atoms with Crippen molar-refractivity contribution in [3.8, 4) is 0 Å². The van der Waals surface area contributed by atoms with Gasteiger partial charge in [0.25, 0.3) is 0 Å². The molecule has 6 nitrogen and oxygen atoms in total. The Morgan fingerprint density at radius 2 is 2.15 bits per heavy atom. The molecule has 1 amide bonds. The number of likely N-dealkylation sites (tertiary alicyclic amines) is 1. The average Bonchev–Trinajstić information content (AvgIpc) is 2.43. The number of hydrogen-bond donors (Lipinski definition) is 2. The molecule has 3 atom stereocenters. The van der Waals surface area contributed by atoms with Crippen LogP contribution in [0.4, 0.5) is 4.79 Å². The Bertz CT molecular complexity index is 335. The van der Waals surface area contributed by atoms with Crippen molar-refractivity contribution >= 4 is 12.1 Å². The molecule has 0 radical (unpaired) electrons. The van der Waals surface area contributed by atoms with Crippen LogP contribution in [-0.2, 0) is 9.53 Å². The van der Waals surface area contributed by atoms with Gasteiger partial charge in [-0.2, -0.15) is 0 Å². The molecule has 0 aromatic heterocycles. The number of aliphatic carboxylic acids is 1. The first kappa shape index (κ1) is 16.8. The van der Waals surface area contributed by atoms with Gasteiger partial charge in [0.05, 0.1) is 7.11 Å². The number of alkyl carbamates (subject to hydrolysis) is 1. The second kappa shape index (κ2) is 8.09. The van der Waals surface area contributed by atoms with Gasteiger partial charge in [0.2, 0.25) is 0 Å². The SMILES string of the molecule is CCC(C)N1CC(CCC(=O)O)CC(NC(=O)OC)C1. The lowest BCUT2D eigenvalue weighted by Crippen LogP contribution is -2.53. The van der Waals surface area contributed by atoms with E-state index in [0.29, 0.717) is 18.4 Å². The van der Waals surface area contributed by atoms with Crippen molar-refractivity contribution in [2.45, 2.75) is 51.6 Å². The van der Waals surface area contributed by atoms with Crippen LogP contribution in [0.15, 0.2) is 0 Å². The van der Waals surface area contributed by atoms with E-state index in [0.717, 1.165) is 25.9 Å². The van der Waals surface area contributed by atoms with Crippen molar-refractivity contribution in [2.24, 2.45) is 5.92 Å². The van der Waals surface area contributed by atoms with Gasteiger partial charge in [-0.3, -0.25) is 9.69 Å². The number of piperidine rings is 1. The molecule has 2 N–H and O–H groups in total. The topological polar surface area (TPSA) is 78.9 Å². The number of hydrogen-bond acceptors (Lipinski definition) is 4. The minimum Gasteiger partial charge on any atom is -0.481 e. The number of nitrogens with zero attached hydrogens (tertiary/aromatic N) is 1. The summed E-state index contributed by atoms with van der Waals surface area (Å²) in [5, 5.41) is 11.7. The summed E-state index contributed by atoms with van der Waals surface area (Å²) >= 11 is 0. The highest BCUT2D eigenvalue weighted by molar-refractivity contribution is 5.67. The largest absolute Gasteiger partial charge is 0.481 e. The lowest BCUT2D eigenvalue weighted by molar-refractivity contribution is -0.137. The zero-order valence-electron chi connectivity index (χ0n) is 12.6. The predicted octanol–water partition coefficient (Wildman–Crippen LogP) is 1.70. The van der Waals surface area contributed by atoms with Crippen LogP contribution < -0.4 is 5.32 Å². The maximum Gasteiger partial charge on any atom is 0.407 e. The second-order valence-corrected chi connectivity index (χ2v) is 5.58. The first-order valence-corrected chi connectivity index (χ1v) is 7.26. The summed E-state index contributed by atoms with van der Waals surface area (Å²) in [6.07, 6.45) is 2.27. The van der Waals surface area contributed by atoms with E-state index in [2.05, 4.69) is 28.8 Å². The number of nitrogens with one attached hydrogen (secondary N) is 1. The molecule has 0 bridgehead atoms. The molecule has 116 valence electrons. The van der Waals surface area contributed by atoms with E-state index in [1.54, 1.807) is 0 Å². The number of carboxylic acid groups (broad SMARTS) is 1. The Hall–Kier alpha value is -1.30. The summed E-state index contributed by atoms with van der Waals surface area (Å²) in [6, 6.07) is 0.466. The van der Waals surface area contributed by atoms with Crippen LogP contribution in [0, 0.1) is 5.92 Å². The third kappa shape index (κ3) is 5.36. The first-order valence-electron chi connectivity index (χ1n) is 7.26. The molecule has 1 rings (SSSR count). The summed E-state index contributed by atoms with van der Waals surface area (Å²) < 4.78 is 4.65. The normalized spacial score (nSPS) is 24.9. The fourth-order valence-electron chi connectivity index (χ4n) is 2.73. The van der Waals surface area contributed by atoms with E-state index in [9.17, 15) is 9.59 Å². The molecule has 0 aromatic carbocycles. The van der Waals surface area contributed by atoms with E-state index >= 15 is 0 Å². The number of amides is 1. The van der Waals surface area contributed by atoms with Gasteiger partial charge in [-0.05, 0) is 32.1 Å². The van der Waals surface area contributed by atoms with Crippen LogP contribution in [0.5, 0.6) is 0 Å². The predicted molar refractivity (Wildman–Crippen MR) is 75.6 cm³/mol. The van der Waals surface area contributed by atoms with Gasteiger partial charge >= 0.3 is 12.1 Å². The van der Waals surface area contributed by atoms with Crippen molar-refractivity contribution in [1.29, 1.82) is 0 Å². The molecule has 6 heteroatoms. The van der Waals surface area contributed by atoms with E-state index in [1.165, 1.54) is 7.11 Å². The molecule has 3 unspecified atom stereocenters. The van der Waals surface area contributed by atoms with Gasteiger partial charge in [-0.1, -0.05) is 6.92 Å². The molecule has 0 saturated carbocycles. The quantitative estimate of drug-likeness (QED) is 0.777.